The van der Waals surface area contributed by atoms with Crippen LogP contribution in [0, 0.1) is 6.92 Å². The van der Waals surface area contributed by atoms with Gasteiger partial charge in [-0.25, -0.2) is 17.4 Å². The lowest BCUT2D eigenvalue weighted by atomic mass is 10.2. The quantitative estimate of drug-likeness (QED) is 0.756. The van der Waals surface area contributed by atoms with Gasteiger partial charge in [0.2, 0.25) is 0 Å². The van der Waals surface area contributed by atoms with Crippen LogP contribution >= 0.6 is 0 Å². The number of nitrogens with zero attached hydrogens (tertiary/aromatic N) is 2. The van der Waals surface area contributed by atoms with Gasteiger partial charge in [-0.1, -0.05) is 17.7 Å². The van der Waals surface area contributed by atoms with E-state index in [1.54, 1.807) is 12.1 Å². The van der Waals surface area contributed by atoms with E-state index in [4.69, 9.17) is 0 Å². The maximum Gasteiger partial charge on any atom is 0.269 e. The molecule has 0 saturated heterocycles. The van der Waals surface area contributed by atoms with E-state index in [1.807, 2.05) is 6.92 Å². The van der Waals surface area contributed by atoms with Gasteiger partial charge >= 0.3 is 0 Å². The van der Waals surface area contributed by atoms with Crippen molar-refractivity contribution in [2.24, 2.45) is 0 Å². The summed E-state index contributed by atoms with van der Waals surface area (Å²) in [6, 6.07) is 6.31. The molecule has 0 unspecified atom stereocenters. The molecule has 0 aliphatic heterocycles. The Morgan fingerprint density at radius 1 is 1.14 bits per heavy atom. The molecule has 0 fully saturated rings. The van der Waals surface area contributed by atoms with Crippen LogP contribution in [0.25, 0.3) is 0 Å². The van der Waals surface area contributed by atoms with Crippen LogP contribution in [0.15, 0.2) is 41.6 Å². The zero-order valence-electron chi connectivity index (χ0n) is 11.4. The molecule has 0 N–H and O–H groups in total. The van der Waals surface area contributed by atoms with Gasteiger partial charge in [0.05, 0.1) is 11.2 Å². The minimum atomic E-state index is -3.83. The highest BCUT2D eigenvalue weighted by Crippen LogP contribution is 2.16. The van der Waals surface area contributed by atoms with E-state index in [9.17, 15) is 16.8 Å². The lowest BCUT2D eigenvalue weighted by molar-refractivity contribution is 0.301. The van der Waals surface area contributed by atoms with Crippen LogP contribution in [0.4, 0.5) is 0 Å². The van der Waals surface area contributed by atoms with Gasteiger partial charge in [-0.05, 0) is 19.1 Å². The average molecular weight is 330 g/mol. The Hall–Kier alpha value is -1.71. The second-order valence-corrected chi connectivity index (χ2v) is 7.88. The average Bonchev–Trinajstić information content (AvgIpc) is 2.85. The van der Waals surface area contributed by atoms with Crippen molar-refractivity contribution in [3.05, 3.63) is 48.0 Å². The van der Waals surface area contributed by atoms with Crippen LogP contribution in [0.5, 0.6) is 0 Å². The predicted octanol–water partition coefficient (Wildman–Crippen LogP) is 0.905. The summed E-state index contributed by atoms with van der Waals surface area (Å²) < 4.78 is 52.4. The molecule has 1 aromatic carbocycles. The summed E-state index contributed by atoms with van der Waals surface area (Å²) >= 11 is 0. The molecule has 0 amide bonds. The molecule has 114 valence electrons. The molecule has 0 aliphatic rings. The molecule has 0 spiro atoms. The molecule has 2 aromatic rings. The highest BCUT2D eigenvalue weighted by molar-refractivity contribution is 7.90. The van der Waals surface area contributed by atoms with E-state index in [-0.39, 0.29) is 10.7 Å². The Labute approximate surface area is 123 Å². The zero-order valence-corrected chi connectivity index (χ0v) is 13.1. The Kier molecular flexibility index (Phi) is 4.17. The second kappa shape index (κ2) is 5.58. The largest absolute Gasteiger partial charge is 0.269 e. The van der Waals surface area contributed by atoms with Gasteiger partial charge in [0.1, 0.15) is 12.4 Å². The van der Waals surface area contributed by atoms with E-state index in [0.29, 0.717) is 0 Å². The van der Waals surface area contributed by atoms with Crippen molar-refractivity contribution in [1.29, 1.82) is 0 Å². The number of aromatic nitrogens is 2. The minimum Gasteiger partial charge on any atom is -0.262 e. The topological polar surface area (TPSA) is 95.3 Å². The number of hydrogen-bond donors (Lipinski definition) is 0. The first-order chi connectivity index (χ1) is 9.70. The summed E-state index contributed by atoms with van der Waals surface area (Å²) in [7, 11) is -7.51. The number of imidazole rings is 1. The third kappa shape index (κ3) is 3.69. The highest BCUT2D eigenvalue weighted by Gasteiger charge is 2.20. The molecule has 0 bridgehead atoms. The van der Waals surface area contributed by atoms with E-state index in [1.165, 1.54) is 24.5 Å². The summed E-state index contributed by atoms with van der Waals surface area (Å²) in [5.41, 5.74) is 0.931. The Balaban J connectivity index is 2.38. The van der Waals surface area contributed by atoms with Crippen molar-refractivity contribution < 1.29 is 21.0 Å². The summed E-state index contributed by atoms with van der Waals surface area (Å²) in [5.74, 6) is -0.0130. The van der Waals surface area contributed by atoms with Crippen LogP contribution in [0.3, 0.4) is 0 Å². The van der Waals surface area contributed by atoms with Crippen LogP contribution in [-0.4, -0.2) is 32.0 Å². The lowest BCUT2D eigenvalue weighted by Crippen LogP contribution is -2.17. The van der Waals surface area contributed by atoms with Crippen molar-refractivity contribution >= 4 is 20.1 Å². The molecule has 7 nitrogen and oxygen atoms in total. The Morgan fingerprint density at radius 3 is 2.33 bits per heavy atom. The molecule has 21 heavy (non-hydrogen) atoms. The molecule has 9 heteroatoms. The van der Waals surface area contributed by atoms with Crippen LogP contribution in [0.1, 0.15) is 11.4 Å². The molecule has 0 atom stereocenters. The SMILES string of the molecule is Cc1ccc(S(=O)(=O)n2ccnc2COS(C)(=O)=O)cc1. The summed E-state index contributed by atoms with van der Waals surface area (Å²) in [5, 5.41) is 0. The van der Waals surface area contributed by atoms with Crippen molar-refractivity contribution in [3.8, 4) is 0 Å². The van der Waals surface area contributed by atoms with Crippen LogP contribution < -0.4 is 0 Å². The third-order valence-electron chi connectivity index (χ3n) is 2.66. The molecular formula is C12H14N2O5S2. The van der Waals surface area contributed by atoms with E-state index >= 15 is 0 Å². The number of benzene rings is 1. The van der Waals surface area contributed by atoms with Gasteiger partial charge in [-0.3, -0.25) is 4.18 Å². The fourth-order valence-electron chi connectivity index (χ4n) is 1.63. The van der Waals surface area contributed by atoms with Crippen LogP contribution in [-0.2, 0) is 30.9 Å². The molecule has 0 aliphatic carbocycles. The maximum absolute atomic E-state index is 12.5. The second-order valence-electron chi connectivity index (χ2n) is 4.42. The maximum atomic E-state index is 12.5. The Bertz CT molecular complexity index is 836. The predicted molar refractivity (Wildman–Crippen MR) is 75.6 cm³/mol. The number of rotatable bonds is 5. The highest BCUT2D eigenvalue weighted by atomic mass is 32.2. The molecule has 1 aromatic heterocycles. The minimum absolute atomic E-state index is 0.0130. The van der Waals surface area contributed by atoms with Crippen molar-refractivity contribution in [1.82, 2.24) is 8.96 Å². The fraction of sp³-hybridized carbons (Fsp3) is 0.250. The summed E-state index contributed by atoms with van der Waals surface area (Å²) in [4.78, 5) is 3.91. The van der Waals surface area contributed by atoms with E-state index in [2.05, 4.69) is 9.17 Å². The fourth-order valence-corrected chi connectivity index (χ4v) is 3.24. The Morgan fingerprint density at radius 2 is 1.76 bits per heavy atom. The first kappa shape index (κ1) is 15.7. The summed E-state index contributed by atoms with van der Waals surface area (Å²) in [6.07, 6.45) is 3.40. The lowest BCUT2D eigenvalue weighted by Gasteiger charge is -2.09. The molecule has 0 radical (unpaired) electrons. The normalized spacial score (nSPS) is 12.5. The zero-order chi connectivity index (χ0) is 15.7. The van der Waals surface area contributed by atoms with Crippen LogP contribution in [0.2, 0.25) is 0 Å². The van der Waals surface area contributed by atoms with Gasteiger partial charge in [0.15, 0.2) is 0 Å². The van der Waals surface area contributed by atoms with Gasteiger partial charge in [-0.2, -0.15) is 8.42 Å². The smallest absolute Gasteiger partial charge is 0.262 e. The first-order valence-corrected chi connectivity index (χ1v) is 9.15. The van der Waals surface area contributed by atoms with Gasteiger partial charge in [0.25, 0.3) is 20.1 Å². The van der Waals surface area contributed by atoms with E-state index < -0.39 is 26.7 Å². The summed E-state index contributed by atoms with van der Waals surface area (Å²) in [6.45, 7) is 1.40. The van der Waals surface area contributed by atoms with Gasteiger partial charge < -0.3 is 0 Å². The van der Waals surface area contributed by atoms with Crippen molar-refractivity contribution in [3.63, 3.8) is 0 Å². The van der Waals surface area contributed by atoms with E-state index in [0.717, 1.165) is 15.8 Å². The number of aryl methyl sites for hydroxylation is 1. The number of hydrogen-bond acceptors (Lipinski definition) is 6. The van der Waals surface area contributed by atoms with Crippen molar-refractivity contribution in [2.45, 2.75) is 18.4 Å². The molecule has 0 saturated carbocycles. The molecule has 1 heterocycles. The first-order valence-electron chi connectivity index (χ1n) is 5.89. The van der Waals surface area contributed by atoms with Crippen molar-refractivity contribution in [2.75, 3.05) is 6.26 Å². The van der Waals surface area contributed by atoms with Gasteiger partial charge in [-0.15, -0.1) is 0 Å². The standard InChI is InChI=1S/C12H14N2O5S2/c1-10-3-5-11(6-4-10)21(17,18)14-8-7-13-12(14)9-19-20(2,15)16/h3-8H,9H2,1-2H3. The molecular weight excluding hydrogens is 316 g/mol. The van der Waals surface area contributed by atoms with Gasteiger partial charge in [0, 0.05) is 12.4 Å². The monoisotopic (exact) mass is 330 g/mol. The third-order valence-corrected chi connectivity index (χ3v) is 4.92. The molecule has 2 rings (SSSR count).